The van der Waals surface area contributed by atoms with Gasteiger partial charge in [0.25, 0.3) is 0 Å². The first kappa shape index (κ1) is 16.5. The van der Waals surface area contributed by atoms with Gasteiger partial charge in [-0.15, -0.1) is 0 Å². The number of anilines is 1. The SMILES string of the molecule is CN(CC(C)(C)O)S(=O)(=O)c1c(N)cc(Cl)cc1Cl. The third-order valence-corrected chi connectivity index (χ3v) is 4.86. The minimum Gasteiger partial charge on any atom is -0.398 e. The Hall–Kier alpha value is -0.530. The second-order valence-corrected chi connectivity index (χ2v) is 7.70. The van der Waals surface area contributed by atoms with Crippen LogP contribution >= 0.6 is 23.2 Å². The van der Waals surface area contributed by atoms with Crippen molar-refractivity contribution in [2.24, 2.45) is 0 Å². The van der Waals surface area contributed by atoms with Crippen LogP contribution < -0.4 is 5.73 Å². The van der Waals surface area contributed by atoms with Gasteiger partial charge in [-0.2, -0.15) is 4.31 Å². The first-order chi connectivity index (χ1) is 8.45. The summed E-state index contributed by atoms with van der Waals surface area (Å²) in [5.74, 6) is 0. The molecule has 0 amide bonds. The molecule has 0 spiro atoms. The lowest BCUT2D eigenvalue weighted by Gasteiger charge is -2.25. The van der Waals surface area contributed by atoms with Gasteiger partial charge in [0.15, 0.2) is 0 Å². The predicted molar refractivity (Wildman–Crippen MR) is 77.0 cm³/mol. The van der Waals surface area contributed by atoms with Crippen LogP contribution in [0.3, 0.4) is 0 Å². The number of nitrogen functional groups attached to an aromatic ring is 1. The number of sulfonamides is 1. The number of likely N-dealkylation sites (N-methyl/N-ethyl adjacent to an activating group) is 1. The van der Waals surface area contributed by atoms with Crippen LogP contribution in [0.25, 0.3) is 0 Å². The Morgan fingerprint density at radius 1 is 1.37 bits per heavy atom. The monoisotopic (exact) mass is 326 g/mol. The van der Waals surface area contributed by atoms with Crippen molar-refractivity contribution in [2.75, 3.05) is 19.3 Å². The van der Waals surface area contributed by atoms with Gasteiger partial charge in [0.05, 0.1) is 16.3 Å². The normalized spacial score (nSPS) is 13.0. The van der Waals surface area contributed by atoms with Crippen molar-refractivity contribution in [1.82, 2.24) is 4.31 Å². The van der Waals surface area contributed by atoms with Crippen molar-refractivity contribution >= 4 is 38.9 Å². The van der Waals surface area contributed by atoms with Crippen molar-refractivity contribution in [2.45, 2.75) is 24.3 Å². The van der Waals surface area contributed by atoms with Crippen LogP contribution in [-0.4, -0.2) is 37.0 Å². The Kier molecular flexibility index (Phi) is 4.75. The summed E-state index contributed by atoms with van der Waals surface area (Å²) in [5.41, 5.74) is 4.47. The average Bonchev–Trinajstić information content (AvgIpc) is 2.11. The first-order valence-corrected chi connectivity index (χ1v) is 7.58. The van der Waals surface area contributed by atoms with Crippen LogP contribution in [0.1, 0.15) is 13.8 Å². The minimum absolute atomic E-state index is 0.0277. The quantitative estimate of drug-likeness (QED) is 0.828. The van der Waals surface area contributed by atoms with E-state index in [9.17, 15) is 13.5 Å². The van der Waals surface area contributed by atoms with E-state index in [4.69, 9.17) is 28.9 Å². The molecule has 0 radical (unpaired) electrons. The fraction of sp³-hybridized carbons (Fsp3) is 0.455. The van der Waals surface area contributed by atoms with Gasteiger partial charge >= 0.3 is 0 Å². The third-order valence-electron chi connectivity index (χ3n) is 2.31. The summed E-state index contributed by atoms with van der Waals surface area (Å²) in [6.45, 7) is 2.92. The molecule has 1 rings (SSSR count). The highest BCUT2D eigenvalue weighted by Gasteiger charge is 2.30. The molecule has 0 atom stereocenters. The van der Waals surface area contributed by atoms with Gasteiger partial charge in [0.2, 0.25) is 10.0 Å². The van der Waals surface area contributed by atoms with E-state index in [-0.39, 0.29) is 27.2 Å². The molecule has 0 saturated carbocycles. The van der Waals surface area contributed by atoms with E-state index >= 15 is 0 Å². The lowest BCUT2D eigenvalue weighted by atomic mass is 10.1. The van der Waals surface area contributed by atoms with E-state index in [0.29, 0.717) is 0 Å². The molecule has 108 valence electrons. The van der Waals surface area contributed by atoms with E-state index in [2.05, 4.69) is 0 Å². The highest BCUT2D eigenvalue weighted by Crippen LogP contribution is 2.33. The minimum atomic E-state index is -3.89. The maximum atomic E-state index is 12.4. The summed E-state index contributed by atoms with van der Waals surface area (Å²) in [5, 5.41) is 9.90. The van der Waals surface area contributed by atoms with Crippen LogP contribution in [-0.2, 0) is 10.0 Å². The number of halogens is 2. The maximum absolute atomic E-state index is 12.4. The van der Waals surface area contributed by atoms with Gasteiger partial charge < -0.3 is 10.8 Å². The summed E-state index contributed by atoms with van der Waals surface area (Å²) >= 11 is 11.6. The van der Waals surface area contributed by atoms with Crippen LogP contribution in [0.5, 0.6) is 0 Å². The third kappa shape index (κ3) is 3.97. The Balaban J connectivity index is 3.29. The van der Waals surface area contributed by atoms with Gasteiger partial charge in [0, 0.05) is 18.6 Å². The molecule has 3 N–H and O–H groups in total. The molecule has 19 heavy (non-hydrogen) atoms. The van der Waals surface area contributed by atoms with Crippen molar-refractivity contribution in [3.8, 4) is 0 Å². The maximum Gasteiger partial charge on any atom is 0.246 e. The van der Waals surface area contributed by atoms with E-state index < -0.39 is 15.6 Å². The highest BCUT2D eigenvalue weighted by molar-refractivity contribution is 7.89. The van der Waals surface area contributed by atoms with Crippen molar-refractivity contribution in [1.29, 1.82) is 0 Å². The molecule has 0 aliphatic rings. The highest BCUT2D eigenvalue weighted by atomic mass is 35.5. The van der Waals surface area contributed by atoms with E-state index in [1.165, 1.54) is 33.0 Å². The molecular formula is C11H16Cl2N2O3S. The van der Waals surface area contributed by atoms with Gasteiger partial charge in [-0.05, 0) is 26.0 Å². The van der Waals surface area contributed by atoms with Gasteiger partial charge in [-0.1, -0.05) is 23.2 Å². The fourth-order valence-corrected chi connectivity index (χ4v) is 3.90. The van der Waals surface area contributed by atoms with Crippen molar-refractivity contribution in [3.05, 3.63) is 22.2 Å². The number of nitrogens with zero attached hydrogens (tertiary/aromatic N) is 1. The molecular weight excluding hydrogens is 311 g/mol. The van der Waals surface area contributed by atoms with Crippen LogP contribution in [0, 0.1) is 0 Å². The molecule has 1 aromatic rings. The van der Waals surface area contributed by atoms with Gasteiger partial charge in [-0.25, -0.2) is 8.42 Å². The average molecular weight is 327 g/mol. The smallest absolute Gasteiger partial charge is 0.246 e. The molecule has 0 aromatic heterocycles. The summed E-state index contributed by atoms with van der Waals surface area (Å²) < 4.78 is 25.7. The summed E-state index contributed by atoms with van der Waals surface area (Å²) in [7, 11) is -2.55. The van der Waals surface area contributed by atoms with Gasteiger partial charge in [0.1, 0.15) is 4.90 Å². The molecule has 0 aliphatic carbocycles. The van der Waals surface area contributed by atoms with E-state index in [1.54, 1.807) is 0 Å². The standard InChI is InChI=1S/C11H16Cl2N2O3S/c1-11(2,16)6-15(3)19(17,18)10-8(13)4-7(12)5-9(10)14/h4-5,16H,6,14H2,1-3H3. The zero-order valence-electron chi connectivity index (χ0n) is 10.8. The number of benzene rings is 1. The Morgan fingerprint density at radius 3 is 2.32 bits per heavy atom. The topological polar surface area (TPSA) is 83.6 Å². The Labute approximate surface area is 123 Å². The molecule has 0 unspecified atom stereocenters. The number of hydrogen-bond acceptors (Lipinski definition) is 4. The van der Waals surface area contributed by atoms with Crippen molar-refractivity contribution in [3.63, 3.8) is 0 Å². The predicted octanol–water partition coefficient (Wildman–Crippen LogP) is 1.97. The molecule has 8 heteroatoms. The van der Waals surface area contributed by atoms with Crippen LogP contribution in [0.2, 0.25) is 10.0 Å². The number of nitrogens with two attached hydrogens (primary N) is 1. The molecule has 0 saturated heterocycles. The zero-order chi connectivity index (χ0) is 15.0. The second kappa shape index (κ2) is 5.46. The second-order valence-electron chi connectivity index (χ2n) is 4.88. The van der Waals surface area contributed by atoms with E-state index in [0.717, 1.165) is 4.31 Å². The largest absolute Gasteiger partial charge is 0.398 e. The fourth-order valence-electron chi connectivity index (χ4n) is 1.64. The van der Waals surface area contributed by atoms with Crippen LogP contribution in [0.4, 0.5) is 5.69 Å². The van der Waals surface area contributed by atoms with Crippen molar-refractivity contribution < 1.29 is 13.5 Å². The molecule has 1 aromatic carbocycles. The first-order valence-electron chi connectivity index (χ1n) is 5.38. The summed E-state index contributed by atoms with van der Waals surface area (Å²) in [4.78, 5) is -0.203. The number of aliphatic hydroxyl groups is 1. The Morgan fingerprint density at radius 2 is 1.89 bits per heavy atom. The molecule has 5 nitrogen and oxygen atoms in total. The van der Waals surface area contributed by atoms with Crippen LogP contribution in [0.15, 0.2) is 17.0 Å². The number of hydrogen-bond donors (Lipinski definition) is 2. The summed E-state index contributed by atoms with van der Waals surface area (Å²) in [6.07, 6.45) is 0. The molecule has 0 heterocycles. The summed E-state index contributed by atoms with van der Waals surface area (Å²) in [6, 6.07) is 2.63. The number of rotatable bonds is 4. The Bertz CT molecular complexity index is 559. The molecule has 0 fully saturated rings. The lowest BCUT2D eigenvalue weighted by Crippen LogP contribution is -2.40. The van der Waals surface area contributed by atoms with Gasteiger partial charge in [-0.3, -0.25) is 0 Å². The van der Waals surface area contributed by atoms with E-state index in [1.807, 2.05) is 0 Å². The molecule has 0 aliphatic heterocycles. The zero-order valence-corrected chi connectivity index (χ0v) is 13.1. The lowest BCUT2D eigenvalue weighted by molar-refractivity contribution is 0.0640. The molecule has 0 bridgehead atoms.